The minimum Gasteiger partial charge on any atom is -0.379 e. The molecule has 88 valence electrons. The predicted octanol–water partition coefficient (Wildman–Crippen LogP) is -0.0756. The Kier molecular flexibility index (Phi) is 3.23. The molecule has 0 aromatic rings. The van der Waals surface area contributed by atoms with Crippen LogP contribution in [0.5, 0.6) is 0 Å². The number of nitrogens with zero attached hydrogens (tertiary/aromatic N) is 1. The summed E-state index contributed by atoms with van der Waals surface area (Å²) in [5.41, 5.74) is -0.376. The number of alkyl halides is 1. The third-order valence-corrected chi connectivity index (χ3v) is 5.01. The van der Waals surface area contributed by atoms with Crippen molar-refractivity contribution in [1.29, 1.82) is 0 Å². The van der Waals surface area contributed by atoms with Gasteiger partial charge in [-0.05, 0) is 12.8 Å². The molecule has 7 heteroatoms. The first-order valence-corrected chi connectivity index (χ1v) is 6.98. The molecule has 2 aliphatic rings. The van der Waals surface area contributed by atoms with Crippen molar-refractivity contribution in [3.05, 3.63) is 0 Å². The Morgan fingerprint density at radius 3 is 2.40 bits per heavy atom. The third-order valence-electron chi connectivity index (χ3n) is 2.76. The molecule has 2 fully saturated rings. The number of hydrogen-bond donors (Lipinski definition) is 1. The first kappa shape index (κ1) is 11.6. The zero-order valence-corrected chi connectivity index (χ0v) is 9.98. The van der Waals surface area contributed by atoms with Gasteiger partial charge in [-0.25, -0.2) is 0 Å². The number of rotatable bonds is 4. The summed E-state index contributed by atoms with van der Waals surface area (Å²) in [5, 5.41) is 0. The average molecular weight is 255 g/mol. The van der Waals surface area contributed by atoms with Crippen molar-refractivity contribution < 1.29 is 13.2 Å². The summed E-state index contributed by atoms with van der Waals surface area (Å²) in [4.78, 5) is 0. The second kappa shape index (κ2) is 4.18. The highest BCUT2D eigenvalue weighted by atomic mass is 35.5. The standard InChI is InChI=1S/C8H15ClN2O3S/c9-7-8(1-2-8)10-15(12,13)11-3-5-14-6-4-11/h10H,1-7H2. The van der Waals surface area contributed by atoms with Crippen molar-refractivity contribution in [3.8, 4) is 0 Å². The highest BCUT2D eigenvalue weighted by Crippen LogP contribution is 2.37. The van der Waals surface area contributed by atoms with Gasteiger partial charge in [0.15, 0.2) is 0 Å². The van der Waals surface area contributed by atoms with Gasteiger partial charge in [0.1, 0.15) is 0 Å². The quantitative estimate of drug-likeness (QED) is 0.715. The highest BCUT2D eigenvalue weighted by molar-refractivity contribution is 7.87. The number of ether oxygens (including phenoxy) is 1. The third kappa shape index (κ3) is 2.62. The lowest BCUT2D eigenvalue weighted by Crippen LogP contribution is -2.51. The molecule has 0 unspecified atom stereocenters. The smallest absolute Gasteiger partial charge is 0.280 e. The van der Waals surface area contributed by atoms with Crippen LogP contribution in [0.15, 0.2) is 0 Å². The van der Waals surface area contributed by atoms with Crippen molar-refractivity contribution >= 4 is 21.8 Å². The van der Waals surface area contributed by atoms with Crippen LogP contribution in [0.4, 0.5) is 0 Å². The average Bonchev–Trinajstić information content (AvgIpc) is 2.99. The summed E-state index contributed by atoms with van der Waals surface area (Å²) in [7, 11) is -3.37. The van der Waals surface area contributed by atoms with Crippen molar-refractivity contribution in [2.45, 2.75) is 18.4 Å². The largest absolute Gasteiger partial charge is 0.379 e. The first-order chi connectivity index (χ1) is 7.08. The van der Waals surface area contributed by atoms with E-state index in [4.69, 9.17) is 16.3 Å². The van der Waals surface area contributed by atoms with E-state index in [1.165, 1.54) is 4.31 Å². The lowest BCUT2D eigenvalue weighted by Gasteiger charge is -2.28. The van der Waals surface area contributed by atoms with Crippen LogP contribution >= 0.6 is 11.6 Å². The van der Waals surface area contributed by atoms with Crippen LogP contribution in [0, 0.1) is 0 Å². The summed E-state index contributed by atoms with van der Waals surface area (Å²) in [5.74, 6) is 0.344. The van der Waals surface area contributed by atoms with E-state index >= 15 is 0 Å². The van der Waals surface area contributed by atoms with E-state index in [2.05, 4.69) is 4.72 Å². The van der Waals surface area contributed by atoms with E-state index < -0.39 is 10.2 Å². The molecule has 0 radical (unpaired) electrons. The van der Waals surface area contributed by atoms with Gasteiger partial charge in [-0.15, -0.1) is 11.6 Å². The maximum absolute atomic E-state index is 11.9. The topological polar surface area (TPSA) is 58.6 Å². The van der Waals surface area contributed by atoms with Crippen LogP contribution in [-0.2, 0) is 14.9 Å². The molecule has 5 nitrogen and oxygen atoms in total. The maximum atomic E-state index is 11.9. The van der Waals surface area contributed by atoms with Crippen LogP contribution in [0.2, 0.25) is 0 Å². The molecule has 0 aromatic carbocycles. The van der Waals surface area contributed by atoms with E-state index in [0.717, 1.165) is 12.8 Å². The highest BCUT2D eigenvalue weighted by Gasteiger charge is 2.46. The van der Waals surface area contributed by atoms with Crippen molar-refractivity contribution in [3.63, 3.8) is 0 Å². The Labute approximate surface area is 94.9 Å². The Bertz CT molecular complexity index is 323. The summed E-state index contributed by atoms with van der Waals surface area (Å²) in [6.07, 6.45) is 1.67. The van der Waals surface area contributed by atoms with Gasteiger partial charge in [0.25, 0.3) is 10.2 Å². The van der Waals surface area contributed by atoms with Crippen molar-refractivity contribution in [2.75, 3.05) is 32.2 Å². The van der Waals surface area contributed by atoms with Gasteiger partial charge in [0.05, 0.1) is 13.2 Å². The minimum atomic E-state index is -3.37. The molecule has 0 atom stereocenters. The Balaban J connectivity index is 1.99. The van der Waals surface area contributed by atoms with Crippen LogP contribution in [0.1, 0.15) is 12.8 Å². The number of hydrogen-bond acceptors (Lipinski definition) is 3. The van der Waals surface area contributed by atoms with Crippen molar-refractivity contribution in [2.24, 2.45) is 0 Å². The molecule has 0 bridgehead atoms. The summed E-state index contributed by atoms with van der Waals surface area (Å²) >= 11 is 5.73. The van der Waals surface area contributed by atoms with Gasteiger partial charge in [-0.2, -0.15) is 17.4 Å². The number of nitrogens with one attached hydrogen (secondary N) is 1. The van der Waals surface area contributed by atoms with Gasteiger partial charge in [-0.3, -0.25) is 0 Å². The molecule has 1 saturated carbocycles. The molecule has 1 saturated heterocycles. The van der Waals surface area contributed by atoms with Crippen LogP contribution in [0.25, 0.3) is 0 Å². The zero-order valence-electron chi connectivity index (χ0n) is 8.41. The fourth-order valence-electron chi connectivity index (χ4n) is 1.54. The number of morpholine rings is 1. The molecule has 15 heavy (non-hydrogen) atoms. The normalized spacial score (nSPS) is 26.5. The second-order valence-corrected chi connectivity index (χ2v) is 5.97. The molecule has 1 heterocycles. The van der Waals surface area contributed by atoms with E-state index in [-0.39, 0.29) is 5.54 Å². The zero-order chi connectivity index (χ0) is 10.9. The SMILES string of the molecule is O=S(=O)(NC1(CCl)CC1)N1CCOCC1. The molecule has 0 aromatic heterocycles. The Morgan fingerprint density at radius 2 is 1.93 bits per heavy atom. The first-order valence-electron chi connectivity index (χ1n) is 5.01. The lowest BCUT2D eigenvalue weighted by molar-refractivity contribution is 0.0723. The number of halogens is 1. The van der Waals surface area contributed by atoms with Gasteiger partial charge < -0.3 is 4.74 Å². The molecule has 0 spiro atoms. The molecular formula is C8H15ClN2O3S. The Hall–Kier alpha value is 0.120. The molecule has 1 N–H and O–H groups in total. The van der Waals surface area contributed by atoms with Crippen LogP contribution in [0.3, 0.4) is 0 Å². The van der Waals surface area contributed by atoms with Crippen LogP contribution in [-0.4, -0.2) is 50.4 Å². The van der Waals surface area contributed by atoms with E-state index in [9.17, 15) is 8.42 Å². The van der Waals surface area contributed by atoms with Gasteiger partial charge in [-0.1, -0.05) is 0 Å². The lowest BCUT2D eigenvalue weighted by atomic mass is 10.4. The molecular weight excluding hydrogens is 240 g/mol. The molecule has 1 aliphatic heterocycles. The maximum Gasteiger partial charge on any atom is 0.280 e. The monoisotopic (exact) mass is 254 g/mol. The van der Waals surface area contributed by atoms with E-state index in [0.29, 0.717) is 32.2 Å². The van der Waals surface area contributed by atoms with E-state index in [1.54, 1.807) is 0 Å². The van der Waals surface area contributed by atoms with Crippen molar-refractivity contribution in [1.82, 2.24) is 9.03 Å². The fraction of sp³-hybridized carbons (Fsp3) is 1.00. The molecule has 2 rings (SSSR count). The predicted molar refractivity (Wildman–Crippen MR) is 57.1 cm³/mol. The summed E-state index contributed by atoms with van der Waals surface area (Å²) in [6.45, 7) is 1.78. The van der Waals surface area contributed by atoms with Gasteiger partial charge >= 0.3 is 0 Å². The van der Waals surface area contributed by atoms with Gasteiger partial charge in [0, 0.05) is 24.5 Å². The van der Waals surface area contributed by atoms with E-state index in [1.807, 2.05) is 0 Å². The summed E-state index contributed by atoms with van der Waals surface area (Å²) < 4.78 is 33.0. The second-order valence-electron chi connectivity index (χ2n) is 4.03. The van der Waals surface area contributed by atoms with Gasteiger partial charge in [0.2, 0.25) is 0 Å². The minimum absolute atomic E-state index is 0.344. The van der Waals surface area contributed by atoms with Crippen LogP contribution < -0.4 is 4.72 Å². The molecule has 1 aliphatic carbocycles. The molecule has 0 amide bonds. The Morgan fingerprint density at radius 1 is 1.33 bits per heavy atom. The fourth-order valence-corrected chi connectivity index (χ4v) is 3.53. The summed E-state index contributed by atoms with van der Waals surface area (Å²) in [6, 6.07) is 0.